The minimum atomic E-state index is -2.91. The first-order chi connectivity index (χ1) is 15.0. The lowest BCUT2D eigenvalue weighted by Crippen LogP contribution is -2.40. The largest absolute Gasteiger partial charge is 0.416 e. The van der Waals surface area contributed by atoms with Crippen molar-refractivity contribution in [2.24, 2.45) is 0 Å². The van der Waals surface area contributed by atoms with E-state index in [1.54, 1.807) is 0 Å². The molecule has 0 atom stereocenters. The molecule has 0 saturated carbocycles. The molecule has 1 aliphatic rings. The number of aryl methyl sites for hydroxylation is 1. The van der Waals surface area contributed by atoms with E-state index in [-0.39, 0.29) is 11.5 Å². The van der Waals surface area contributed by atoms with Crippen molar-refractivity contribution < 1.29 is 17.4 Å². The lowest BCUT2D eigenvalue weighted by Gasteiger charge is -2.28. The van der Waals surface area contributed by atoms with E-state index in [0.717, 1.165) is 16.8 Å². The number of benzene rings is 2. The van der Waals surface area contributed by atoms with Crippen LogP contribution in [0.1, 0.15) is 5.76 Å². The van der Waals surface area contributed by atoms with Crippen molar-refractivity contribution in [3.8, 4) is 34.2 Å². The van der Waals surface area contributed by atoms with E-state index < -0.39 is 9.84 Å². The monoisotopic (exact) mass is 436 g/mol. The Morgan fingerprint density at radius 1 is 0.871 bits per heavy atom. The van der Waals surface area contributed by atoms with Crippen LogP contribution in [0.4, 0.5) is 5.69 Å². The first-order valence-electron chi connectivity index (χ1n) is 9.91. The van der Waals surface area contributed by atoms with Gasteiger partial charge in [0.1, 0.15) is 17.0 Å². The minimum Gasteiger partial charge on any atom is -0.416 e. The molecule has 8 nitrogen and oxygen atoms in total. The highest BCUT2D eigenvalue weighted by atomic mass is 32.2. The number of sulfone groups is 1. The third-order valence-corrected chi connectivity index (χ3v) is 6.98. The van der Waals surface area contributed by atoms with Gasteiger partial charge in [-0.15, -0.1) is 10.2 Å². The van der Waals surface area contributed by atoms with Crippen LogP contribution in [0.3, 0.4) is 0 Å². The smallest absolute Gasteiger partial charge is 0.254 e. The predicted molar refractivity (Wildman–Crippen MR) is 116 cm³/mol. The van der Waals surface area contributed by atoms with Gasteiger partial charge in [0.05, 0.1) is 11.5 Å². The van der Waals surface area contributed by atoms with Gasteiger partial charge in [-0.2, -0.15) is 0 Å². The Bertz CT molecular complexity index is 1300. The first kappa shape index (κ1) is 19.5. The van der Waals surface area contributed by atoms with E-state index in [0.29, 0.717) is 41.9 Å². The number of hydrogen-bond acceptors (Lipinski definition) is 8. The van der Waals surface area contributed by atoms with Gasteiger partial charge >= 0.3 is 0 Å². The topological polar surface area (TPSA) is 102 Å². The Balaban J connectivity index is 1.40. The molecule has 3 heterocycles. The molecular formula is C22H20N4O4S. The Morgan fingerprint density at radius 2 is 1.55 bits per heavy atom. The summed E-state index contributed by atoms with van der Waals surface area (Å²) < 4.78 is 34.6. The molecule has 0 amide bonds. The summed E-state index contributed by atoms with van der Waals surface area (Å²) in [4.78, 5) is 2.07. The third kappa shape index (κ3) is 3.84. The zero-order chi connectivity index (χ0) is 21.4. The van der Waals surface area contributed by atoms with Gasteiger partial charge in [0.15, 0.2) is 9.84 Å². The number of hydrogen-bond donors (Lipinski definition) is 0. The minimum absolute atomic E-state index is 0.184. The van der Waals surface area contributed by atoms with Gasteiger partial charge in [-0.1, -0.05) is 35.5 Å². The van der Waals surface area contributed by atoms with Crippen LogP contribution in [-0.2, 0) is 9.84 Å². The molecule has 1 aliphatic heterocycles. The van der Waals surface area contributed by atoms with Crippen LogP contribution in [-0.4, -0.2) is 48.4 Å². The van der Waals surface area contributed by atoms with Gasteiger partial charge in [-0.3, -0.25) is 0 Å². The molecule has 0 aliphatic carbocycles. The molecular weight excluding hydrogens is 416 g/mol. The summed E-state index contributed by atoms with van der Waals surface area (Å²) >= 11 is 0. The number of rotatable bonds is 4. The van der Waals surface area contributed by atoms with Crippen molar-refractivity contribution in [1.29, 1.82) is 0 Å². The van der Waals surface area contributed by atoms with Gasteiger partial charge in [-0.25, -0.2) is 8.42 Å². The highest BCUT2D eigenvalue weighted by molar-refractivity contribution is 7.91. The summed E-state index contributed by atoms with van der Waals surface area (Å²) in [6, 6.07) is 17.4. The zero-order valence-electron chi connectivity index (χ0n) is 16.9. The number of aromatic nitrogens is 3. The average Bonchev–Trinajstić information content (AvgIpc) is 3.41. The van der Waals surface area contributed by atoms with Gasteiger partial charge < -0.3 is 13.8 Å². The van der Waals surface area contributed by atoms with Crippen LogP contribution in [0.25, 0.3) is 34.2 Å². The maximum atomic E-state index is 11.6. The van der Waals surface area contributed by atoms with Crippen LogP contribution in [0.2, 0.25) is 0 Å². The standard InChI is InChI=1S/C22H20N4O4S/c1-15-19(20(25-30-15)16-5-3-2-4-6-16)22-24-23-21(29-22)17-7-9-18(10-8-17)26-11-13-31(27,28)14-12-26/h2-10H,11-14H2,1H3. The number of anilines is 1. The van der Waals surface area contributed by atoms with Crippen molar-refractivity contribution in [3.63, 3.8) is 0 Å². The molecule has 0 N–H and O–H groups in total. The summed E-state index contributed by atoms with van der Waals surface area (Å²) in [7, 11) is -2.91. The molecule has 31 heavy (non-hydrogen) atoms. The molecule has 1 fully saturated rings. The maximum Gasteiger partial charge on any atom is 0.254 e. The van der Waals surface area contributed by atoms with Gasteiger partial charge in [0.2, 0.25) is 5.89 Å². The van der Waals surface area contributed by atoms with E-state index in [4.69, 9.17) is 8.94 Å². The first-order valence-corrected chi connectivity index (χ1v) is 11.7. The fraction of sp³-hybridized carbons (Fsp3) is 0.227. The SMILES string of the molecule is Cc1onc(-c2ccccc2)c1-c1nnc(-c2ccc(N3CCS(=O)(=O)CC3)cc2)o1. The molecule has 4 aromatic rings. The summed E-state index contributed by atoms with van der Waals surface area (Å²) in [5, 5.41) is 12.6. The molecule has 0 unspecified atom stereocenters. The van der Waals surface area contributed by atoms with E-state index in [1.807, 2.05) is 61.5 Å². The molecule has 2 aromatic carbocycles. The third-order valence-electron chi connectivity index (χ3n) is 5.37. The quantitative estimate of drug-likeness (QED) is 0.478. The van der Waals surface area contributed by atoms with Crippen molar-refractivity contribution >= 4 is 15.5 Å². The van der Waals surface area contributed by atoms with Crippen molar-refractivity contribution in [2.45, 2.75) is 6.92 Å². The van der Waals surface area contributed by atoms with E-state index >= 15 is 0 Å². The molecule has 158 valence electrons. The molecule has 5 rings (SSSR count). The predicted octanol–water partition coefficient (Wildman–Crippen LogP) is 3.60. The van der Waals surface area contributed by atoms with Crippen molar-refractivity contribution in [3.05, 3.63) is 60.4 Å². The second-order valence-electron chi connectivity index (χ2n) is 7.43. The van der Waals surface area contributed by atoms with E-state index in [1.165, 1.54) is 0 Å². The van der Waals surface area contributed by atoms with Gasteiger partial charge in [-0.05, 0) is 31.2 Å². The van der Waals surface area contributed by atoms with Crippen LogP contribution in [0, 0.1) is 6.92 Å². The van der Waals surface area contributed by atoms with Crippen LogP contribution in [0.15, 0.2) is 63.5 Å². The Kier molecular flexibility index (Phi) is 4.82. The Morgan fingerprint density at radius 3 is 2.26 bits per heavy atom. The maximum absolute atomic E-state index is 11.6. The lowest BCUT2D eigenvalue weighted by atomic mass is 10.1. The highest BCUT2D eigenvalue weighted by Gasteiger charge is 2.23. The highest BCUT2D eigenvalue weighted by Crippen LogP contribution is 2.35. The lowest BCUT2D eigenvalue weighted by molar-refractivity contribution is 0.399. The zero-order valence-corrected chi connectivity index (χ0v) is 17.7. The van der Waals surface area contributed by atoms with Gasteiger partial charge in [0.25, 0.3) is 5.89 Å². The Labute approximate surface area is 179 Å². The fourth-order valence-electron chi connectivity index (χ4n) is 3.64. The second kappa shape index (κ2) is 7.66. The summed E-state index contributed by atoms with van der Waals surface area (Å²) in [5.74, 6) is 1.71. The summed E-state index contributed by atoms with van der Waals surface area (Å²) in [6.45, 7) is 2.81. The molecule has 9 heteroatoms. The fourth-order valence-corrected chi connectivity index (χ4v) is 4.84. The van der Waals surface area contributed by atoms with Crippen molar-refractivity contribution in [2.75, 3.05) is 29.5 Å². The molecule has 0 spiro atoms. The van der Waals surface area contributed by atoms with Crippen LogP contribution >= 0.6 is 0 Å². The summed E-state index contributed by atoms with van der Waals surface area (Å²) in [6.07, 6.45) is 0. The molecule has 1 saturated heterocycles. The Hall–Kier alpha value is -3.46. The molecule has 2 aromatic heterocycles. The normalized spacial score (nSPS) is 15.8. The molecule has 0 radical (unpaired) electrons. The van der Waals surface area contributed by atoms with E-state index in [2.05, 4.69) is 20.3 Å². The van der Waals surface area contributed by atoms with Gasteiger partial charge in [0, 0.05) is 29.9 Å². The van der Waals surface area contributed by atoms with Crippen LogP contribution in [0.5, 0.6) is 0 Å². The summed E-state index contributed by atoms with van der Waals surface area (Å²) in [5.41, 5.74) is 3.99. The molecule has 0 bridgehead atoms. The van der Waals surface area contributed by atoms with Crippen LogP contribution < -0.4 is 4.90 Å². The number of nitrogens with zero attached hydrogens (tertiary/aromatic N) is 4. The van der Waals surface area contributed by atoms with E-state index in [9.17, 15) is 8.42 Å². The average molecular weight is 436 g/mol. The second-order valence-corrected chi connectivity index (χ2v) is 9.73. The van der Waals surface area contributed by atoms with Crippen molar-refractivity contribution in [1.82, 2.24) is 15.4 Å².